The summed E-state index contributed by atoms with van der Waals surface area (Å²) in [6.07, 6.45) is 0.108. The Balaban J connectivity index is 2.79. The van der Waals surface area contributed by atoms with Gasteiger partial charge >= 0.3 is 5.97 Å². The van der Waals surface area contributed by atoms with Crippen LogP contribution < -0.4 is 0 Å². The maximum Gasteiger partial charge on any atom is 0.336 e. The summed E-state index contributed by atoms with van der Waals surface area (Å²) in [5.41, 5.74) is 1.03. The Hall–Kier alpha value is -1.35. The van der Waals surface area contributed by atoms with Crippen molar-refractivity contribution in [3.63, 3.8) is 0 Å². The van der Waals surface area contributed by atoms with Crippen molar-refractivity contribution in [2.75, 3.05) is 0 Å². The van der Waals surface area contributed by atoms with Gasteiger partial charge in [0.2, 0.25) is 0 Å². The van der Waals surface area contributed by atoms with Crippen molar-refractivity contribution in [2.45, 2.75) is 26.6 Å². The van der Waals surface area contributed by atoms with E-state index in [1.807, 2.05) is 19.9 Å². The molecule has 0 saturated carbocycles. The third kappa shape index (κ3) is 2.85. The van der Waals surface area contributed by atoms with Crippen molar-refractivity contribution in [1.82, 2.24) is 0 Å². The van der Waals surface area contributed by atoms with Gasteiger partial charge in [0.05, 0.1) is 18.3 Å². The Morgan fingerprint density at radius 2 is 2.07 bits per heavy atom. The maximum atomic E-state index is 10.8. The van der Waals surface area contributed by atoms with E-state index in [0.29, 0.717) is 17.7 Å². The predicted octanol–water partition coefficient (Wildman–Crippen LogP) is 2.31. The number of carboxylic acid groups (broad SMARTS) is 1. The van der Waals surface area contributed by atoms with Gasteiger partial charge in [0.25, 0.3) is 0 Å². The fourth-order valence-corrected chi connectivity index (χ4v) is 1.11. The van der Waals surface area contributed by atoms with Crippen LogP contribution in [-0.2, 0) is 11.3 Å². The number of rotatable bonds is 4. The summed E-state index contributed by atoms with van der Waals surface area (Å²) in [7, 11) is 0. The van der Waals surface area contributed by atoms with E-state index in [1.165, 1.54) is 0 Å². The quantitative estimate of drug-likeness (QED) is 0.800. The average molecular weight is 194 g/mol. The molecular formula is C11H14O3. The number of ether oxygens (including phenoxy) is 1. The molecule has 0 saturated heterocycles. The first-order valence-electron chi connectivity index (χ1n) is 4.54. The molecule has 0 aliphatic heterocycles. The molecule has 0 unspecified atom stereocenters. The lowest BCUT2D eigenvalue weighted by Gasteiger charge is -2.09. The molecule has 1 aromatic carbocycles. The van der Waals surface area contributed by atoms with Crippen molar-refractivity contribution >= 4 is 5.97 Å². The van der Waals surface area contributed by atoms with Crippen LogP contribution in [0.15, 0.2) is 24.3 Å². The highest BCUT2D eigenvalue weighted by molar-refractivity contribution is 5.89. The fourth-order valence-electron chi connectivity index (χ4n) is 1.11. The summed E-state index contributed by atoms with van der Waals surface area (Å²) < 4.78 is 5.36. The molecule has 3 nitrogen and oxygen atoms in total. The second-order valence-corrected chi connectivity index (χ2v) is 3.32. The number of carboxylic acids is 1. The van der Waals surface area contributed by atoms with Crippen LogP contribution in [0.3, 0.4) is 0 Å². The highest BCUT2D eigenvalue weighted by Crippen LogP contribution is 2.10. The molecule has 76 valence electrons. The van der Waals surface area contributed by atoms with Gasteiger partial charge in [-0.2, -0.15) is 0 Å². The van der Waals surface area contributed by atoms with Gasteiger partial charge in [0.15, 0.2) is 0 Å². The number of hydrogen-bond donors (Lipinski definition) is 1. The van der Waals surface area contributed by atoms with E-state index in [2.05, 4.69) is 0 Å². The highest BCUT2D eigenvalue weighted by Gasteiger charge is 2.08. The van der Waals surface area contributed by atoms with Crippen LogP contribution in [-0.4, -0.2) is 17.2 Å². The van der Waals surface area contributed by atoms with Gasteiger partial charge in [-0.15, -0.1) is 0 Å². The monoisotopic (exact) mass is 194 g/mol. The van der Waals surface area contributed by atoms with E-state index in [1.54, 1.807) is 18.2 Å². The van der Waals surface area contributed by atoms with Crippen LogP contribution in [0.2, 0.25) is 0 Å². The molecule has 0 radical (unpaired) electrons. The smallest absolute Gasteiger partial charge is 0.336 e. The first-order chi connectivity index (χ1) is 6.61. The summed E-state index contributed by atoms with van der Waals surface area (Å²) in [5, 5.41) is 8.88. The molecule has 1 aromatic rings. The van der Waals surface area contributed by atoms with Gasteiger partial charge in [0, 0.05) is 0 Å². The van der Waals surface area contributed by atoms with Gasteiger partial charge in [-0.1, -0.05) is 18.2 Å². The van der Waals surface area contributed by atoms with Gasteiger partial charge in [-0.25, -0.2) is 4.79 Å². The Labute approximate surface area is 83.3 Å². The Bertz CT molecular complexity index is 318. The standard InChI is InChI=1S/C11H14O3/c1-8(2)14-7-9-5-3-4-6-10(9)11(12)13/h3-6,8H,7H2,1-2H3,(H,12,13). The van der Waals surface area contributed by atoms with Crippen molar-refractivity contribution in [2.24, 2.45) is 0 Å². The number of carbonyl (C=O) groups is 1. The molecule has 0 aliphatic rings. The zero-order valence-electron chi connectivity index (χ0n) is 8.36. The molecule has 0 fully saturated rings. The lowest BCUT2D eigenvalue weighted by Crippen LogP contribution is -2.07. The molecule has 1 N–H and O–H groups in total. The summed E-state index contributed by atoms with van der Waals surface area (Å²) in [4.78, 5) is 10.8. The Morgan fingerprint density at radius 3 is 2.64 bits per heavy atom. The largest absolute Gasteiger partial charge is 0.478 e. The molecule has 0 heterocycles. The van der Waals surface area contributed by atoms with Gasteiger partial charge in [-0.3, -0.25) is 0 Å². The van der Waals surface area contributed by atoms with E-state index >= 15 is 0 Å². The third-order valence-corrected chi connectivity index (χ3v) is 1.82. The first kappa shape index (κ1) is 10.7. The molecule has 0 amide bonds. The summed E-state index contributed by atoms with van der Waals surface area (Å²) in [6, 6.07) is 6.88. The second-order valence-electron chi connectivity index (χ2n) is 3.32. The summed E-state index contributed by atoms with van der Waals surface area (Å²) in [5.74, 6) is -0.909. The van der Waals surface area contributed by atoms with Crippen LogP contribution >= 0.6 is 0 Å². The third-order valence-electron chi connectivity index (χ3n) is 1.82. The van der Waals surface area contributed by atoms with Gasteiger partial charge < -0.3 is 9.84 Å². The van der Waals surface area contributed by atoms with Gasteiger partial charge in [-0.05, 0) is 25.5 Å². The van der Waals surface area contributed by atoms with Crippen molar-refractivity contribution in [3.05, 3.63) is 35.4 Å². The minimum absolute atomic E-state index is 0.108. The Kier molecular flexibility index (Phi) is 3.65. The summed E-state index contributed by atoms with van der Waals surface area (Å²) >= 11 is 0. The average Bonchev–Trinajstić information content (AvgIpc) is 2.15. The first-order valence-corrected chi connectivity index (χ1v) is 4.54. The van der Waals surface area contributed by atoms with Crippen LogP contribution in [0, 0.1) is 0 Å². The minimum atomic E-state index is -0.909. The van der Waals surface area contributed by atoms with Crippen LogP contribution in [0.5, 0.6) is 0 Å². The zero-order valence-corrected chi connectivity index (χ0v) is 8.36. The highest BCUT2D eigenvalue weighted by atomic mass is 16.5. The molecule has 0 spiro atoms. The van der Waals surface area contributed by atoms with E-state index < -0.39 is 5.97 Å². The lowest BCUT2D eigenvalue weighted by molar-refractivity contribution is 0.0606. The second kappa shape index (κ2) is 4.77. The lowest BCUT2D eigenvalue weighted by atomic mass is 10.1. The van der Waals surface area contributed by atoms with Crippen LogP contribution in [0.1, 0.15) is 29.8 Å². The van der Waals surface area contributed by atoms with Crippen LogP contribution in [0.4, 0.5) is 0 Å². The number of hydrogen-bond acceptors (Lipinski definition) is 2. The Morgan fingerprint density at radius 1 is 1.43 bits per heavy atom. The van der Waals surface area contributed by atoms with E-state index in [0.717, 1.165) is 0 Å². The zero-order chi connectivity index (χ0) is 10.6. The molecule has 0 aliphatic carbocycles. The SMILES string of the molecule is CC(C)OCc1ccccc1C(=O)O. The number of benzene rings is 1. The summed E-state index contributed by atoms with van der Waals surface area (Å²) in [6.45, 7) is 4.19. The molecule has 3 heteroatoms. The van der Waals surface area contributed by atoms with E-state index in [-0.39, 0.29) is 6.10 Å². The topological polar surface area (TPSA) is 46.5 Å². The number of aromatic carboxylic acids is 1. The van der Waals surface area contributed by atoms with Crippen LogP contribution in [0.25, 0.3) is 0 Å². The van der Waals surface area contributed by atoms with E-state index in [9.17, 15) is 4.79 Å². The van der Waals surface area contributed by atoms with Crippen molar-refractivity contribution in [1.29, 1.82) is 0 Å². The maximum absolute atomic E-state index is 10.8. The van der Waals surface area contributed by atoms with Gasteiger partial charge in [0.1, 0.15) is 0 Å². The predicted molar refractivity (Wildman–Crippen MR) is 53.3 cm³/mol. The minimum Gasteiger partial charge on any atom is -0.478 e. The van der Waals surface area contributed by atoms with E-state index in [4.69, 9.17) is 9.84 Å². The molecule has 1 rings (SSSR count). The molecule has 0 aromatic heterocycles. The molecule has 14 heavy (non-hydrogen) atoms. The molecular weight excluding hydrogens is 180 g/mol. The normalized spacial score (nSPS) is 10.5. The molecule has 0 atom stereocenters. The fraction of sp³-hybridized carbons (Fsp3) is 0.364. The van der Waals surface area contributed by atoms with Crippen molar-refractivity contribution < 1.29 is 14.6 Å². The molecule has 0 bridgehead atoms. The van der Waals surface area contributed by atoms with Crippen molar-refractivity contribution in [3.8, 4) is 0 Å².